The summed E-state index contributed by atoms with van der Waals surface area (Å²) >= 11 is 0. The van der Waals surface area contributed by atoms with Crippen LogP contribution in [-0.4, -0.2) is 24.1 Å². The van der Waals surface area contributed by atoms with Crippen LogP contribution in [-0.2, 0) is 15.7 Å². The Morgan fingerprint density at radius 2 is 1.82 bits per heavy atom. The number of Topliss-reactive ketones (excluding diaryl/α,β-unsaturated/α-hetero) is 1. The van der Waals surface area contributed by atoms with E-state index >= 15 is 0 Å². The molecule has 5 heteroatoms. The van der Waals surface area contributed by atoms with Crippen LogP contribution in [0.3, 0.4) is 0 Å². The van der Waals surface area contributed by atoms with Gasteiger partial charge in [-0.25, -0.2) is 4.39 Å². The van der Waals surface area contributed by atoms with E-state index in [0.29, 0.717) is 17.5 Å². The Labute approximate surface area is 131 Å². The molecular weight excluding hydrogens is 282 g/mol. The molecular formula is C17H22BFO3. The van der Waals surface area contributed by atoms with Crippen molar-refractivity contribution in [2.45, 2.75) is 52.2 Å². The number of carbonyl (C=O) groups excluding carboxylic acids is 1. The lowest BCUT2D eigenvalue weighted by Crippen LogP contribution is -2.41. The summed E-state index contributed by atoms with van der Waals surface area (Å²) < 4.78 is 25.1. The Hall–Kier alpha value is -1.46. The fourth-order valence-electron chi connectivity index (χ4n) is 2.35. The van der Waals surface area contributed by atoms with E-state index in [9.17, 15) is 9.18 Å². The number of rotatable bonds is 4. The van der Waals surface area contributed by atoms with Gasteiger partial charge in [-0.05, 0) is 64.8 Å². The Kier molecular flexibility index (Phi) is 4.59. The fourth-order valence-corrected chi connectivity index (χ4v) is 2.35. The largest absolute Gasteiger partial charge is 0.486 e. The number of halogens is 1. The van der Waals surface area contributed by atoms with E-state index in [-0.39, 0.29) is 22.8 Å². The second-order valence-electron chi connectivity index (χ2n) is 6.61. The van der Waals surface area contributed by atoms with Gasteiger partial charge in [-0.2, -0.15) is 0 Å². The minimum atomic E-state index is -0.431. The molecule has 0 spiro atoms. The van der Waals surface area contributed by atoms with Crippen LogP contribution in [0.5, 0.6) is 0 Å². The zero-order valence-electron chi connectivity index (χ0n) is 13.8. The van der Waals surface area contributed by atoms with Crippen LogP contribution in [0, 0.1) is 5.82 Å². The Morgan fingerprint density at radius 1 is 1.23 bits per heavy atom. The molecule has 0 radical (unpaired) electrons. The molecule has 1 aromatic carbocycles. The molecule has 3 nitrogen and oxygen atoms in total. The first-order chi connectivity index (χ1) is 10.1. The summed E-state index contributed by atoms with van der Waals surface area (Å²) in [5.41, 5.74) is 0.442. The van der Waals surface area contributed by atoms with Gasteiger partial charge in [-0.1, -0.05) is 12.1 Å². The predicted octanol–water partition coefficient (Wildman–Crippen LogP) is 3.76. The highest BCUT2D eigenvalue weighted by molar-refractivity contribution is 6.51. The highest BCUT2D eigenvalue weighted by Crippen LogP contribution is 2.36. The van der Waals surface area contributed by atoms with Crippen molar-refractivity contribution in [3.8, 4) is 0 Å². The van der Waals surface area contributed by atoms with Gasteiger partial charge in [-0.15, -0.1) is 0 Å². The van der Waals surface area contributed by atoms with Crippen LogP contribution in [0.15, 0.2) is 30.3 Å². The number of allylic oxidation sites excluding steroid dienone is 1. The summed E-state index contributed by atoms with van der Waals surface area (Å²) in [6.07, 6.45) is 2.31. The Bertz CT molecular complexity index is 592. The molecule has 1 aliphatic heterocycles. The van der Waals surface area contributed by atoms with E-state index < -0.39 is 7.12 Å². The first kappa shape index (κ1) is 16.9. The van der Waals surface area contributed by atoms with Crippen molar-refractivity contribution in [2.24, 2.45) is 0 Å². The Balaban J connectivity index is 2.08. The van der Waals surface area contributed by atoms with Crippen LogP contribution in [0.25, 0.3) is 0 Å². The van der Waals surface area contributed by atoms with Crippen molar-refractivity contribution in [1.29, 1.82) is 0 Å². The van der Waals surface area contributed by atoms with Gasteiger partial charge in [0.2, 0.25) is 0 Å². The van der Waals surface area contributed by atoms with Crippen LogP contribution in [0.1, 0.15) is 50.5 Å². The first-order valence-electron chi connectivity index (χ1n) is 7.44. The molecule has 22 heavy (non-hydrogen) atoms. The van der Waals surface area contributed by atoms with Crippen molar-refractivity contribution in [3.05, 3.63) is 47.2 Å². The van der Waals surface area contributed by atoms with E-state index in [1.807, 2.05) is 39.7 Å². The Morgan fingerprint density at radius 3 is 2.36 bits per heavy atom. The van der Waals surface area contributed by atoms with Crippen molar-refractivity contribution in [2.75, 3.05) is 0 Å². The molecule has 0 aliphatic carbocycles. The van der Waals surface area contributed by atoms with Crippen molar-refractivity contribution < 1.29 is 18.5 Å². The van der Waals surface area contributed by atoms with Crippen LogP contribution in [0.4, 0.5) is 4.39 Å². The van der Waals surface area contributed by atoms with E-state index in [2.05, 4.69) is 0 Å². The van der Waals surface area contributed by atoms with Gasteiger partial charge in [-0.3, -0.25) is 4.79 Å². The summed E-state index contributed by atoms with van der Waals surface area (Å²) in [5.74, 6) is 1.40. The molecule has 0 atom stereocenters. The molecule has 0 N–H and O–H groups in total. The smallest absolute Gasteiger partial charge is 0.400 e. The van der Waals surface area contributed by atoms with Gasteiger partial charge in [0.1, 0.15) is 5.82 Å². The second-order valence-corrected chi connectivity index (χ2v) is 6.61. The first-order valence-corrected chi connectivity index (χ1v) is 7.44. The summed E-state index contributed by atoms with van der Waals surface area (Å²) in [6.45, 7) is 9.43. The number of hydrogen-bond donors (Lipinski definition) is 0. The van der Waals surface area contributed by atoms with Crippen LogP contribution < -0.4 is 0 Å². The van der Waals surface area contributed by atoms with Crippen molar-refractivity contribution >= 4 is 12.9 Å². The molecule has 0 bridgehead atoms. The van der Waals surface area contributed by atoms with Gasteiger partial charge in [0, 0.05) is 5.56 Å². The lowest BCUT2D eigenvalue weighted by atomic mass is 9.89. The van der Waals surface area contributed by atoms with Crippen molar-refractivity contribution in [1.82, 2.24) is 0 Å². The summed E-state index contributed by atoms with van der Waals surface area (Å²) in [5, 5.41) is 0. The SMILES string of the molecule is CC(=O)c1ccc(F)cc1C/C=C/B1OC(C)(C)C(C)(C)O1. The maximum Gasteiger partial charge on any atom is 0.486 e. The number of hydrogen-bond acceptors (Lipinski definition) is 3. The van der Waals surface area contributed by atoms with E-state index in [0.717, 1.165) is 0 Å². The average molecular weight is 304 g/mol. The van der Waals surface area contributed by atoms with E-state index in [4.69, 9.17) is 9.31 Å². The van der Waals surface area contributed by atoms with Gasteiger partial charge < -0.3 is 9.31 Å². The number of benzene rings is 1. The topological polar surface area (TPSA) is 35.5 Å². The second kappa shape index (κ2) is 5.97. The molecule has 1 aromatic rings. The standard InChI is InChI=1S/C17H22BFO3/c1-12(20)15-9-8-14(19)11-13(15)7-6-10-18-21-16(2,3)17(4,5)22-18/h6,8-11H,7H2,1-5H3/b10-6+. The maximum atomic E-state index is 13.4. The third-order valence-corrected chi connectivity index (χ3v) is 4.35. The van der Waals surface area contributed by atoms with E-state index in [1.165, 1.54) is 25.1 Å². The monoisotopic (exact) mass is 304 g/mol. The molecule has 1 fully saturated rings. The predicted molar refractivity (Wildman–Crippen MR) is 85.3 cm³/mol. The highest BCUT2D eigenvalue weighted by atomic mass is 19.1. The quantitative estimate of drug-likeness (QED) is 0.627. The van der Waals surface area contributed by atoms with Gasteiger partial charge in [0.05, 0.1) is 11.2 Å². The van der Waals surface area contributed by atoms with Crippen LogP contribution in [0.2, 0.25) is 0 Å². The molecule has 0 aromatic heterocycles. The molecule has 0 saturated carbocycles. The van der Waals surface area contributed by atoms with Gasteiger partial charge >= 0.3 is 7.12 Å². The maximum absolute atomic E-state index is 13.4. The normalized spacial score (nSPS) is 19.8. The lowest BCUT2D eigenvalue weighted by Gasteiger charge is -2.32. The molecule has 2 rings (SSSR count). The van der Waals surface area contributed by atoms with Crippen molar-refractivity contribution in [3.63, 3.8) is 0 Å². The minimum absolute atomic E-state index is 0.0703. The highest BCUT2D eigenvalue weighted by Gasteiger charge is 2.49. The minimum Gasteiger partial charge on any atom is -0.400 e. The average Bonchev–Trinajstić information content (AvgIpc) is 2.57. The zero-order valence-corrected chi connectivity index (χ0v) is 13.8. The van der Waals surface area contributed by atoms with Crippen LogP contribution >= 0.6 is 0 Å². The van der Waals surface area contributed by atoms with E-state index in [1.54, 1.807) is 0 Å². The van der Waals surface area contributed by atoms with Gasteiger partial charge in [0.25, 0.3) is 0 Å². The number of carbonyl (C=O) groups is 1. The summed E-state index contributed by atoms with van der Waals surface area (Å²) in [6, 6.07) is 4.22. The lowest BCUT2D eigenvalue weighted by molar-refractivity contribution is 0.00578. The zero-order chi connectivity index (χ0) is 16.5. The number of ketones is 1. The molecule has 0 unspecified atom stereocenters. The summed E-state index contributed by atoms with van der Waals surface area (Å²) in [7, 11) is -0.431. The molecule has 118 valence electrons. The summed E-state index contributed by atoms with van der Waals surface area (Å²) in [4.78, 5) is 11.6. The molecule has 1 heterocycles. The molecule has 1 aliphatic rings. The molecule has 0 amide bonds. The molecule has 1 saturated heterocycles. The third-order valence-electron chi connectivity index (χ3n) is 4.35. The third kappa shape index (κ3) is 3.47. The van der Waals surface area contributed by atoms with Gasteiger partial charge in [0.15, 0.2) is 5.78 Å². The fraction of sp³-hybridized carbons (Fsp3) is 0.471.